The van der Waals surface area contributed by atoms with Crippen LogP contribution < -0.4 is 5.06 Å². The molecule has 26 heavy (non-hydrogen) atoms. The number of ether oxygens (including phenoxy) is 1. The molecule has 2 unspecified atom stereocenters. The number of likely N-dealkylation sites (N-methyl/N-ethyl adjacent to an activating group) is 1. The maximum Gasteiger partial charge on any atom is 0.264 e. The number of likely N-dealkylation sites (tertiary alicyclic amines) is 1. The predicted molar refractivity (Wildman–Crippen MR) is 98.7 cm³/mol. The number of hydroxylamine groups is 1. The maximum atomic E-state index is 13.6. The molecule has 138 valence electrons. The zero-order valence-electron chi connectivity index (χ0n) is 15.6. The minimum Gasteiger partial charge on any atom is -0.376 e. The second kappa shape index (κ2) is 5.65. The van der Waals surface area contributed by atoms with Gasteiger partial charge in [-0.15, -0.1) is 0 Å². The fraction of sp³-hybridized carbons (Fsp3) is 0.571. The molecule has 4 bridgehead atoms. The van der Waals surface area contributed by atoms with Gasteiger partial charge in [-0.05, 0) is 44.4 Å². The third-order valence-corrected chi connectivity index (χ3v) is 7.25. The van der Waals surface area contributed by atoms with Crippen LogP contribution in [0, 0.1) is 11.8 Å². The van der Waals surface area contributed by atoms with Gasteiger partial charge in [0.1, 0.15) is 5.41 Å². The molecule has 1 aromatic rings. The number of carbonyl (C=O) groups is 1. The van der Waals surface area contributed by atoms with Gasteiger partial charge in [0.15, 0.2) is 0 Å². The van der Waals surface area contributed by atoms with E-state index in [1.807, 2.05) is 18.2 Å². The van der Waals surface area contributed by atoms with Crippen LogP contribution in [-0.4, -0.2) is 50.3 Å². The van der Waals surface area contributed by atoms with Crippen LogP contribution in [0.4, 0.5) is 5.69 Å². The number of piperidine rings is 1. The Morgan fingerprint density at radius 2 is 2.15 bits per heavy atom. The van der Waals surface area contributed by atoms with Gasteiger partial charge in [-0.1, -0.05) is 29.8 Å². The van der Waals surface area contributed by atoms with Gasteiger partial charge in [-0.25, -0.2) is 0 Å². The molecule has 4 aliphatic heterocycles. The Bertz CT molecular complexity index is 791. The summed E-state index contributed by atoms with van der Waals surface area (Å²) in [6.45, 7) is 3.88. The van der Waals surface area contributed by atoms with Gasteiger partial charge >= 0.3 is 0 Å². The summed E-state index contributed by atoms with van der Waals surface area (Å²) in [4.78, 5) is 21.6. The summed E-state index contributed by atoms with van der Waals surface area (Å²) in [6, 6.07) is 8.42. The number of hydrogen-bond donors (Lipinski definition) is 0. The minimum absolute atomic E-state index is 0.0369. The van der Waals surface area contributed by atoms with Gasteiger partial charge in [-0.2, -0.15) is 5.06 Å². The molecule has 1 aliphatic carbocycles. The first kappa shape index (κ1) is 16.5. The molecule has 5 nitrogen and oxygen atoms in total. The van der Waals surface area contributed by atoms with E-state index in [9.17, 15) is 4.79 Å². The number of carbonyl (C=O) groups excluding carboxylic acids is 1. The van der Waals surface area contributed by atoms with Gasteiger partial charge in [0.2, 0.25) is 0 Å². The van der Waals surface area contributed by atoms with E-state index in [2.05, 4.69) is 31.0 Å². The van der Waals surface area contributed by atoms with Crippen LogP contribution in [-0.2, 0) is 19.8 Å². The summed E-state index contributed by atoms with van der Waals surface area (Å²) in [5, 5.41) is 1.48. The summed E-state index contributed by atoms with van der Waals surface area (Å²) in [5.41, 5.74) is 2.80. The van der Waals surface area contributed by atoms with E-state index >= 15 is 0 Å². The number of rotatable bonds is 1. The van der Waals surface area contributed by atoms with Crippen molar-refractivity contribution in [2.24, 2.45) is 11.8 Å². The van der Waals surface area contributed by atoms with E-state index in [-0.39, 0.29) is 12.0 Å². The Kier molecular flexibility index (Phi) is 3.58. The largest absolute Gasteiger partial charge is 0.376 e. The van der Waals surface area contributed by atoms with Crippen molar-refractivity contribution < 1.29 is 14.4 Å². The Hall–Kier alpha value is -1.69. The normalized spacial score (nSPS) is 40.3. The van der Waals surface area contributed by atoms with Crippen molar-refractivity contribution in [3.05, 3.63) is 41.5 Å². The van der Waals surface area contributed by atoms with Crippen LogP contribution in [0.3, 0.4) is 0 Å². The minimum atomic E-state index is -0.641. The van der Waals surface area contributed by atoms with Crippen LogP contribution in [0.15, 0.2) is 35.9 Å². The lowest BCUT2D eigenvalue weighted by atomic mass is 9.72. The van der Waals surface area contributed by atoms with Crippen LogP contribution in [0.25, 0.3) is 0 Å². The fourth-order valence-corrected chi connectivity index (χ4v) is 6.01. The summed E-state index contributed by atoms with van der Waals surface area (Å²) < 4.78 is 6.38. The van der Waals surface area contributed by atoms with E-state index in [4.69, 9.17) is 9.57 Å². The Balaban J connectivity index is 1.70. The molecule has 5 aliphatic rings. The van der Waals surface area contributed by atoms with Gasteiger partial charge in [0, 0.05) is 18.5 Å². The number of nitrogens with zero attached hydrogens (tertiary/aromatic N) is 2. The van der Waals surface area contributed by atoms with Crippen LogP contribution in [0.1, 0.15) is 25.3 Å². The fourth-order valence-electron chi connectivity index (χ4n) is 6.01. The molecule has 6 rings (SSSR count). The molecule has 4 heterocycles. The summed E-state index contributed by atoms with van der Waals surface area (Å²) in [6.07, 6.45) is 3.91. The van der Waals surface area contributed by atoms with Gasteiger partial charge in [0.05, 0.1) is 25.5 Å². The first-order valence-electron chi connectivity index (χ1n) is 9.57. The molecule has 1 saturated carbocycles. The highest BCUT2D eigenvalue weighted by Crippen LogP contribution is 2.57. The van der Waals surface area contributed by atoms with Gasteiger partial charge in [-0.3, -0.25) is 14.5 Å². The highest BCUT2D eigenvalue weighted by atomic mass is 16.7. The van der Waals surface area contributed by atoms with E-state index < -0.39 is 5.41 Å². The number of benzene rings is 1. The lowest BCUT2D eigenvalue weighted by Crippen LogP contribution is -2.50. The number of allylic oxidation sites excluding steroid dienone is 1. The molecule has 1 amide bonds. The molecule has 3 saturated heterocycles. The molecule has 5 heteroatoms. The summed E-state index contributed by atoms with van der Waals surface area (Å²) >= 11 is 0. The number of anilines is 1. The van der Waals surface area contributed by atoms with Crippen LogP contribution in [0.5, 0.6) is 0 Å². The monoisotopic (exact) mass is 354 g/mol. The first-order chi connectivity index (χ1) is 12.6. The lowest BCUT2D eigenvalue weighted by molar-refractivity contribution is -0.137. The number of fused-ring (bicyclic) bond motifs is 2. The Morgan fingerprint density at radius 1 is 1.35 bits per heavy atom. The topological polar surface area (TPSA) is 42.0 Å². The van der Waals surface area contributed by atoms with Crippen LogP contribution >= 0.6 is 0 Å². The summed E-state index contributed by atoms with van der Waals surface area (Å²) in [5.74, 6) is 1.03. The van der Waals surface area contributed by atoms with Crippen molar-refractivity contribution in [3.63, 3.8) is 0 Å². The first-order valence-corrected chi connectivity index (χ1v) is 9.57. The molecule has 5 atom stereocenters. The zero-order chi connectivity index (χ0) is 18.1. The number of amides is 1. The molecule has 1 spiro atoms. The van der Waals surface area contributed by atoms with Crippen molar-refractivity contribution in [3.8, 4) is 0 Å². The van der Waals surface area contributed by atoms with Crippen molar-refractivity contribution in [2.75, 3.05) is 32.4 Å². The van der Waals surface area contributed by atoms with Crippen LogP contribution in [0.2, 0.25) is 0 Å². The van der Waals surface area contributed by atoms with E-state index in [0.29, 0.717) is 17.9 Å². The smallest absolute Gasteiger partial charge is 0.264 e. The van der Waals surface area contributed by atoms with Gasteiger partial charge < -0.3 is 4.74 Å². The van der Waals surface area contributed by atoms with Crippen molar-refractivity contribution >= 4 is 11.6 Å². The number of para-hydroxylation sites is 1. The molecule has 0 aromatic heterocycles. The third-order valence-electron chi connectivity index (χ3n) is 7.25. The predicted octanol–water partition coefficient (Wildman–Crippen LogP) is 2.52. The third kappa shape index (κ3) is 1.89. The Labute approximate surface area is 154 Å². The quantitative estimate of drug-likeness (QED) is 0.727. The standard InChI is InChI=1S/C21H26N2O3/c1-4-13-11-22(2)18-10-21(19-9-14(13)15(18)12-26-19)16-7-5-6-8-17(16)23(25-3)20(21)24/h4-8,14-15,18-19H,9-12H2,1-3H3/b13-4+/t14-,15?,18?,19-,21-/m0/s1. The highest BCUT2D eigenvalue weighted by Gasteiger charge is 2.63. The number of hydrogen-bond acceptors (Lipinski definition) is 4. The lowest BCUT2D eigenvalue weighted by Gasteiger charge is -2.46. The molecule has 0 radical (unpaired) electrons. The molecular formula is C21H26N2O3. The second-order valence-corrected chi connectivity index (χ2v) is 8.15. The average Bonchev–Trinajstić information content (AvgIpc) is 2.77. The zero-order valence-corrected chi connectivity index (χ0v) is 15.6. The Morgan fingerprint density at radius 3 is 2.92 bits per heavy atom. The SMILES string of the molecule is C/C=C1\CN(C)C2C[C@@]3(C(=O)N(OC)c4ccccc43)[C@@H]3C[C@@H]1C2CO3. The molecular weight excluding hydrogens is 328 g/mol. The van der Waals surface area contributed by atoms with Crippen molar-refractivity contribution in [1.82, 2.24) is 4.90 Å². The highest BCUT2D eigenvalue weighted by molar-refractivity contribution is 6.07. The van der Waals surface area contributed by atoms with Crippen molar-refractivity contribution in [1.29, 1.82) is 0 Å². The van der Waals surface area contributed by atoms with E-state index in [1.54, 1.807) is 7.11 Å². The molecule has 0 N–H and O–H groups in total. The van der Waals surface area contributed by atoms with Crippen molar-refractivity contribution in [2.45, 2.75) is 37.3 Å². The molecule has 4 fully saturated rings. The molecule has 1 aromatic carbocycles. The average molecular weight is 354 g/mol. The summed E-state index contributed by atoms with van der Waals surface area (Å²) in [7, 11) is 3.77. The van der Waals surface area contributed by atoms with E-state index in [1.165, 1.54) is 10.6 Å². The van der Waals surface area contributed by atoms with Gasteiger partial charge in [0.25, 0.3) is 5.91 Å². The second-order valence-electron chi connectivity index (χ2n) is 8.15. The van der Waals surface area contributed by atoms with E-state index in [0.717, 1.165) is 37.2 Å². The maximum absolute atomic E-state index is 13.6.